The van der Waals surface area contributed by atoms with Crippen molar-refractivity contribution in [2.45, 2.75) is 0 Å². The number of anilines is 2. The summed E-state index contributed by atoms with van der Waals surface area (Å²) in [5.41, 5.74) is 8.75. The molecule has 6 nitrogen and oxygen atoms in total. The summed E-state index contributed by atoms with van der Waals surface area (Å²) in [6.45, 7) is 0. The van der Waals surface area contributed by atoms with Gasteiger partial charge in [-0.1, -0.05) is 6.07 Å². The molecule has 0 aromatic heterocycles. The maximum Gasteiger partial charge on any atom is 0.316 e. The lowest BCUT2D eigenvalue weighted by Gasteiger charge is -2.13. The average Bonchev–Trinajstić information content (AvgIpc) is 2.01. The zero-order chi connectivity index (χ0) is 10.7. The van der Waals surface area contributed by atoms with Crippen LogP contribution in [0.3, 0.4) is 0 Å². The number of para-hydroxylation sites is 1. The van der Waals surface area contributed by atoms with Crippen LogP contribution in [0, 0.1) is 10.1 Å². The molecule has 0 heterocycles. The minimum atomic E-state index is -0.499. The molecule has 6 heteroatoms. The molecule has 0 aliphatic carbocycles. The topological polar surface area (TPSA) is 84.4 Å². The lowest BCUT2D eigenvalue weighted by Crippen LogP contribution is -2.20. The van der Waals surface area contributed by atoms with E-state index in [0.29, 0.717) is 5.69 Å². The molecule has 1 aromatic carbocycles. The second kappa shape index (κ2) is 3.93. The standard InChI is InChI=1S/C8H12N4O2/c1-11(2)10-7-5-3-4-6(9)8(7)12(13)14/h3-5,10H,9H2,1-2H3. The van der Waals surface area contributed by atoms with E-state index in [2.05, 4.69) is 5.43 Å². The molecule has 0 aliphatic heterocycles. The van der Waals surface area contributed by atoms with Crippen LogP contribution in [0.5, 0.6) is 0 Å². The predicted molar refractivity (Wildman–Crippen MR) is 54.8 cm³/mol. The van der Waals surface area contributed by atoms with Crippen LogP contribution in [0.15, 0.2) is 18.2 Å². The van der Waals surface area contributed by atoms with Crippen molar-refractivity contribution >= 4 is 17.1 Å². The van der Waals surface area contributed by atoms with E-state index in [1.165, 1.54) is 6.07 Å². The van der Waals surface area contributed by atoms with Crippen LogP contribution >= 0.6 is 0 Å². The Bertz CT molecular complexity index is 351. The van der Waals surface area contributed by atoms with Gasteiger partial charge >= 0.3 is 5.69 Å². The summed E-state index contributed by atoms with van der Waals surface area (Å²) in [6.07, 6.45) is 0. The van der Waals surface area contributed by atoms with Crippen molar-refractivity contribution in [1.82, 2.24) is 5.01 Å². The van der Waals surface area contributed by atoms with Gasteiger partial charge in [0.15, 0.2) is 0 Å². The van der Waals surface area contributed by atoms with E-state index in [4.69, 9.17) is 5.73 Å². The van der Waals surface area contributed by atoms with Gasteiger partial charge in [-0.25, -0.2) is 5.01 Å². The first-order valence-electron chi connectivity index (χ1n) is 3.99. The quantitative estimate of drug-likeness (QED) is 0.429. The van der Waals surface area contributed by atoms with Gasteiger partial charge in [0, 0.05) is 14.1 Å². The molecule has 0 fully saturated rings. The fourth-order valence-electron chi connectivity index (χ4n) is 1.10. The van der Waals surface area contributed by atoms with E-state index < -0.39 is 4.92 Å². The van der Waals surface area contributed by atoms with Crippen LogP contribution in [0.4, 0.5) is 17.1 Å². The number of nitro benzene ring substituents is 1. The summed E-state index contributed by atoms with van der Waals surface area (Å²) < 4.78 is 0. The van der Waals surface area contributed by atoms with Gasteiger partial charge in [0.1, 0.15) is 11.4 Å². The van der Waals surface area contributed by atoms with Gasteiger partial charge in [0.05, 0.1) is 4.92 Å². The van der Waals surface area contributed by atoms with Crippen molar-refractivity contribution in [2.24, 2.45) is 0 Å². The highest BCUT2D eigenvalue weighted by atomic mass is 16.6. The van der Waals surface area contributed by atoms with Crippen molar-refractivity contribution in [1.29, 1.82) is 0 Å². The molecule has 0 saturated heterocycles. The Labute approximate surface area is 81.4 Å². The minimum Gasteiger partial charge on any atom is -0.393 e. The largest absolute Gasteiger partial charge is 0.393 e. The van der Waals surface area contributed by atoms with E-state index in [-0.39, 0.29) is 11.4 Å². The Kier molecular flexibility index (Phi) is 2.88. The molecule has 14 heavy (non-hydrogen) atoms. The van der Waals surface area contributed by atoms with Crippen LogP contribution < -0.4 is 11.2 Å². The molecule has 0 bridgehead atoms. The normalized spacial score (nSPS) is 10.2. The van der Waals surface area contributed by atoms with Crippen LogP contribution in [0.25, 0.3) is 0 Å². The van der Waals surface area contributed by atoms with Gasteiger partial charge in [-0.15, -0.1) is 0 Å². The molecule has 0 spiro atoms. The molecular weight excluding hydrogens is 184 g/mol. The SMILES string of the molecule is CN(C)Nc1cccc(N)c1[N+](=O)[O-]. The summed E-state index contributed by atoms with van der Waals surface area (Å²) in [5.74, 6) is 0. The third-order valence-corrected chi connectivity index (χ3v) is 1.59. The maximum absolute atomic E-state index is 10.7. The van der Waals surface area contributed by atoms with E-state index in [9.17, 15) is 10.1 Å². The average molecular weight is 196 g/mol. The second-order valence-electron chi connectivity index (χ2n) is 3.01. The lowest BCUT2D eigenvalue weighted by molar-refractivity contribution is -0.383. The Hall–Kier alpha value is -1.82. The number of hydrogen-bond acceptors (Lipinski definition) is 5. The lowest BCUT2D eigenvalue weighted by atomic mass is 10.2. The number of hydrogen-bond donors (Lipinski definition) is 2. The van der Waals surface area contributed by atoms with Gasteiger partial charge < -0.3 is 11.2 Å². The molecule has 0 atom stereocenters. The third-order valence-electron chi connectivity index (χ3n) is 1.59. The number of nitrogens with zero attached hydrogens (tertiary/aromatic N) is 2. The first kappa shape index (κ1) is 10.3. The highest BCUT2D eigenvalue weighted by molar-refractivity contribution is 5.73. The number of benzene rings is 1. The summed E-state index contributed by atoms with van der Waals surface area (Å²) in [5, 5.41) is 12.3. The highest BCUT2D eigenvalue weighted by Gasteiger charge is 2.17. The summed E-state index contributed by atoms with van der Waals surface area (Å²) >= 11 is 0. The summed E-state index contributed by atoms with van der Waals surface area (Å²) in [7, 11) is 3.49. The van der Waals surface area contributed by atoms with Gasteiger partial charge in [-0.3, -0.25) is 10.1 Å². The maximum atomic E-state index is 10.7. The van der Waals surface area contributed by atoms with Crippen molar-refractivity contribution in [2.75, 3.05) is 25.3 Å². The molecule has 0 unspecified atom stereocenters. The van der Waals surface area contributed by atoms with Crippen molar-refractivity contribution in [3.8, 4) is 0 Å². The molecule has 0 saturated carbocycles. The van der Waals surface area contributed by atoms with E-state index in [1.807, 2.05) is 0 Å². The third kappa shape index (κ3) is 2.11. The molecular formula is C8H12N4O2. The van der Waals surface area contributed by atoms with Gasteiger partial charge in [0.25, 0.3) is 0 Å². The number of nitrogen functional groups attached to an aromatic ring is 1. The van der Waals surface area contributed by atoms with Gasteiger partial charge in [-0.2, -0.15) is 0 Å². The van der Waals surface area contributed by atoms with Crippen LogP contribution in [0.2, 0.25) is 0 Å². The number of nitro groups is 1. The molecule has 0 radical (unpaired) electrons. The fraction of sp³-hybridized carbons (Fsp3) is 0.250. The Morgan fingerprint density at radius 1 is 1.50 bits per heavy atom. The van der Waals surface area contributed by atoms with Crippen LogP contribution in [-0.4, -0.2) is 24.0 Å². The predicted octanol–water partition coefficient (Wildman–Crippen LogP) is 1.07. The highest BCUT2D eigenvalue weighted by Crippen LogP contribution is 2.30. The zero-order valence-corrected chi connectivity index (χ0v) is 8.02. The summed E-state index contributed by atoms with van der Waals surface area (Å²) in [4.78, 5) is 10.2. The molecule has 1 rings (SSSR count). The number of hydrazine groups is 1. The number of rotatable bonds is 3. The molecule has 0 amide bonds. The summed E-state index contributed by atoms with van der Waals surface area (Å²) in [6, 6.07) is 4.77. The van der Waals surface area contributed by atoms with E-state index in [0.717, 1.165) is 0 Å². The Morgan fingerprint density at radius 2 is 2.14 bits per heavy atom. The van der Waals surface area contributed by atoms with Crippen molar-refractivity contribution in [3.05, 3.63) is 28.3 Å². The van der Waals surface area contributed by atoms with Gasteiger partial charge in [0.2, 0.25) is 0 Å². The van der Waals surface area contributed by atoms with Crippen molar-refractivity contribution < 1.29 is 4.92 Å². The first-order valence-corrected chi connectivity index (χ1v) is 3.99. The monoisotopic (exact) mass is 196 g/mol. The molecule has 0 aliphatic rings. The van der Waals surface area contributed by atoms with Crippen LogP contribution in [-0.2, 0) is 0 Å². The number of nitrogens with two attached hydrogens (primary N) is 1. The zero-order valence-electron chi connectivity index (χ0n) is 8.02. The second-order valence-corrected chi connectivity index (χ2v) is 3.01. The minimum absolute atomic E-state index is 0.0961. The Balaban J connectivity index is 3.14. The van der Waals surface area contributed by atoms with Crippen LogP contribution in [0.1, 0.15) is 0 Å². The van der Waals surface area contributed by atoms with Crippen molar-refractivity contribution in [3.63, 3.8) is 0 Å². The first-order chi connectivity index (χ1) is 6.52. The Morgan fingerprint density at radius 3 is 2.64 bits per heavy atom. The molecule has 1 aromatic rings. The van der Waals surface area contributed by atoms with Gasteiger partial charge in [-0.05, 0) is 12.1 Å². The molecule has 76 valence electrons. The fourth-order valence-corrected chi connectivity index (χ4v) is 1.10. The number of nitrogens with one attached hydrogen (secondary N) is 1. The molecule has 3 N–H and O–H groups in total. The van der Waals surface area contributed by atoms with E-state index >= 15 is 0 Å². The smallest absolute Gasteiger partial charge is 0.316 e. The van der Waals surface area contributed by atoms with E-state index in [1.54, 1.807) is 31.2 Å².